The monoisotopic (exact) mass is 409 g/mol. The summed E-state index contributed by atoms with van der Waals surface area (Å²) in [7, 11) is 0. The van der Waals surface area contributed by atoms with E-state index in [0.717, 1.165) is 5.56 Å². The average Bonchev–Trinajstić information content (AvgIpc) is 2.72. The molecule has 1 aliphatic heterocycles. The second-order valence-corrected chi connectivity index (χ2v) is 8.28. The van der Waals surface area contributed by atoms with E-state index < -0.39 is 5.91 Å². The van der Waals surface area contributed by atoms with Crippen LogP contribution in [0.5, 0.6) is 5.75 Å². The van der Waals surface area contributed by atoms with Crippen molar-refractivity contribution < 1.29 is 19.1 Å². The fourth-order valence-electron chi connectivity index (χ4n) is 3.14. The topological polar surface area (TPSA) is 87.7 Å². The SMILES string of the molecule is CC(C)(C)c1ccc(CCC(=O)NNC(=O)CN2C(=O)COc3ccccc32)cc1. The molecular formula is C23H27N3O4. The molecule has 0 spiro atoms. The number of ether oxygens (including phenoxy) is 1. The van der Waals surface area contributed by atoms with Gasteiger partial charge in [0, 0.05) is 6.42 Å². The van der Waals surface area contributed by atoms with Gasteiger partial charge in [0.05, 0.1) is 5.69 Å². The molecule has 0 bridgehead atoms. The molecule has 7 nitrogen and oxygen atoms in total. The van der Waals surface area contributed by atoms with E-state index in [-0.39, 0.29) is 36.8 Å². The van der Waals surface area contributed by atoms with Gasteiger partial charge in [0.15, 0.2) is 6.61 Å². The Balaban J connectivity index is 1.46. The number of amides is 3. The number of hydrogen-bond donors (Lipinski definition) is 2. The fourth-order valence-corrected chi connectivity index (χ4v) is 3.14. The number of benzene rings is 2. The summed E-state index contributed by atoms with van der Waals surface area (Å²) in [6.07, 6.45) is 0.815. The first-order valence-electron chi connectivity index (χ1n) is 9.93. The van der Waals surface area contributed by atoms with Gasteiger partial charge in [-0.25, -0.2) is 0 Å². The molecule has 0 unspecified atom stereocenters. The van der Waals surface area contributed by atoms with E-state index in [1.165, 1.54) is 10.5 Å². The van der Waals surface area contributed by atoms with Crippen LogP contribution in [0.15, 0.2) is 48.5 Å². The van der Waals surface area contributed by atoms with Crippen molar-refractivity contribution in [2.75, 3.05) is 18.1 Å². The van der Waals surface area contributed by atoms with E-state index in [0.29, 0.717) is 17.9 Å². The lowest BCUT2D eigenvalue weighted by molar-refractivity contribution is -0.129. The Morgan fingerprint density at radius 3 is 2.37 bits per heavy atom. The van der Waals surface area contributed by atoms with E-state index in [9.17, 15) is 14.4 Å². The molecule has 3 rings (SSSR count). The van der Waals surface area contributed by atoms with Crippen molar-refractivity contribution in [3.63, 3.8) is 0 Å². The molecule has 0 atom stereocenters. The Morgan fingerprint density at radius 1 is 1.00 bits per heavy atom. The molecule has 3 amide bonds. The number of carbonyl (C=O) groups is 3. The molecule has 7 heteroatoms. The van der Waals surface area contributed by atoms with Gasteiger partial charge in [-0.15, -0.1) is 0 Å². The van der Waals surface area contributed by atoms with Crippen LogP contribution in [0.2, 0.25) is 0 Å². The first-order valence-corrected chi connectivity index (χ1v) is 9.93. The molecule has 0 aliphatic carbocycles. The number of fused-ring (bicyclic) bond motifs is 1. The number of para-hydroxylation sites is 2. The number of hydrogen-bond acceptors (Lipinski definition) is 4. The van der Waals surface area contributed by atoms with E-state index in [2.05, 4.69) is 43.8 Å². The van der Waals surface area contributed by atoms with Crippen LogP contribution < -0.4 is 20.5 Å². The third kappa shape index (κ3) is 5.37. The van der Waals surface area contributed by atoms with Crippen LogP contribution in [0.1, 0.15) is 38.3 Å². The lowest BCUT2D eigenvalue weighted by Gasteiger charge is -2.28. The van der Waals surface area contributed by atoms with Crippen LogP contribution in [0.25, 0.3) is 0 Å². The highest BCUT2D eigenvalue weighted by molar-refractivity contribution is 6.02. The summed E-state index contributed by atoms with van der Waals surface area (Å²) in [5.74, 6) is -0.541. The van der Waals surface area contributed by atoms with Gasteiger partial charge >= 0.3 is 0 Å². The molecule has 1 heterocycles. The minimum atomic E-state index is -0.483. The maximum absolute atomic E-state index is 12.2. The number of nitrogens with zero attached hydrogens (tertiary/aromatic N) is 1. The Bertz CT molecular complexity index is 932. The van der Waals surface area contributed by atoms with Crippen LogP contribution in [0.4, 0.5) is 5.69 Å². The number of rotatable bonds is 5. The second kappa shape index (κ2) is 8.98. The number of nitrogens with one attached hydrogen (secondary N) is 2. The van der Waals surface area contributed by atoms with Crippen LogP contribution in [0, 0.1) is 0 Å². The maximum atomic E-state index is 12.2. The van der Waals surface area contributed by atoms with Crippen LogP contribution >= 0.6 is 0 Å². The van der Waals surface area contributed by atoms with Crippen LogP contribution in [-0.2, 0) is 26.2 Å². The quantitative estimate of drug-likeness (QED) is 0.743. The Labute approximate surface area is 176 Å². The van der Waals surface area contributed by atoms with Crippen molar-refractivity contribution in [2.45, 2.75) is 39.0 Å². The predicted octanol–water partition coefficient (Wildman–Crippen LogP) is 2.49. The van der Waals surface area contributed by atoms with Gasteiger partial charge in [-0.05, 0) is 35.1 Å². The van der Waals surface area contributed by atoms with Crippen molar-refractivity contribution in [2.24, 2.45) is 0 Å². The zero-order chi connectivity index (χ0) is 21.7. The molecule has 30 heavy (non-hydrogen) atoms. The number of anilines is 1. The number of hydrazine groups is 1. The molecule has 2 aromatic rings. The zero-order valence-corrected chi connectivity index (χ0v) is 17.5. The van der Waals surface area contributed by atoms with Gasteiger partial charge in [-0.3, -0.25) is 30.1 Å². The third-order valence-corrected chi connectivity index (χ3v) is 4.91. The molecule has 0 saturated heterocycles. The summed E-state index contributed by atoms with van der Waals surface area (Å²) in [5.41, 5.74) is 7.70. The molecule has 0 fully saturated rings. The van der Waals surface area contributed by atoms with E-state index in [1.54, 1.807) is 24.3 Å². The van der Waals surface area contributed by atoms with Gasteiger partial charge in [-0.2, -0.15) is 0 Å². The third-order valence-electron chi connectivity index (χ3n) is 4.91. The van der Waals surface area contributed by atoms with Crippen molar-refractivity contribution in [1.29, 1.82) is 0 Å². The summed E-state index contributed by atoms with van der Waals surface area (Å²) >= 11 is 0. The minimum Gasteiger partial charge on any atom is -0.482 e. The summed E-state index contributed by atoms with van der Waals surface area (Å²) in [6, 6.07) is 15.2. The zero-order valence-electron chi connectivity index (χ0n) is 17.5. The summed E-state index contributed by atoms with van der Waals surface area (Å²) < 4.78 is 5.35. The number of carbonyl (C=O) groups excluding carboxylic acids is 3. The Kier molecular flexibility index (Phi) is 6.40. The van der Waals surface area contributed by atoms with Crippen LogP contribution in [-0.4, -0.2) is 30.9 Å². The van der Waals surface area contributed by atoms with Crippen LogP contribution in [0.3, 0.4) is 0 Å². The fraction of sp³-hybridized carbons (Fsp3) is 0.348. The predicted molar refractivity (Wildman–Crippen MR) is 114 cm³/mol. The van der Waals surface area contributed by atoms with Gasteiger partial charge in [-0.1, -0.05) is 57.2 Å². The molecule has 2 aromatic carbocycles. The molecular weight excluding hydrogens is 382 g/mol. The van der Waals surface area contributed by atoms with Crippen molar-refractivity contribution >= 4 is 23.4 Å². The van der Waals surface area contributed by atoms with E-state index >= 15 is 0 Å². The molecule has 0 aromatic heterocycles. The first kappa shape index (κ1) is 21.4. The van der Waals surface area contributed by atoms with E-state index in [1.807, 2.05) is 12.1 Å². The van der Waals surface area contributed by atoms with Crippen molar-refractivity contribution in [1.82, 2.24) is 10.9 Å². The smallest absolute Gasteiger partial charge is 0.265 e. The second-order valence-electron chi connectivity index (χ2n) is 8.28. The Morgan fingerprint density at radius 2 is 1.67 bits per heavy atom. The Hall–Kier alpha value is -3.35. The van der Waals surface area contributed by atoms with Crippen molar-refractivity contribution in [3.05, 3.63) is 59.7 Å². The maximum Gasteiger partial charge on any atom is 0.265 e. The summed E-state index contributed by atoms with van der Waals surface area (Å²) in [5, 5.41) is 0. The molecule has 0 radical (unpaired) electrons. The molecule has 158 valence electrons. The lowest BCUT2D eigenvalue weighted by atomic mass is 9.86. The van der Waals surface area contributed by atoms with Gasteiger partial charge in [0.2, 0.25) is 5.91 Å². The van der Waals surface area contributed by atoms with Gasteiger partial charge in [0.25, 0.3) is 11.8 Å². The minimum absolute atomic E-state index is 0.0859. The van der Waals surface area contributed by atoms with E-state index in [4.69, 9.17) is 4.74 Å². The molecule has 1 aliphatic rings. The van der Waals surface area contributed by atoms with Gasteiger partial charge in [0.1, 0.15) is 12.3 Å². The summed E-state index contributed by atoms with van der Waals surface area (Å²) in [4.78, 5) is 37.7. The number of aryl methyl sites for hydroxylation is 1. The van der Waals surface area contributed by atoms with Crippen molar-refractivity contribution in [3.8, 4) is 5.75 Å². The average molecular weight is 409 g/mol. The highest BCUT2D eigenvalue weighted by Crippen LogP contribution is 2.31. The first-order chi connectivity index (χ1) is 14.2. The standard InChI is InChI=1S/C23H27N3O4/c1-23(2,3)17-11-8-16(9-12-17)10-13-20(27)24-25-21(28)14-26-18-6-4-5-7-19(18)30-15-22(26)29/h4-9,11-12H,10,13-15H2,1-3H3,(H,24,27)(H,25,28). The normalized spacial score (nSPS) is 13.3. The molecule has 2 N–H and O–H groups in total. The highest BCUT2D eigenvalue weighted by Gasteiger charge is 2.27. The van der Waals surface area contributed by atoms with Gasteiger partial charge < -0.3 is 4.74 Å². The molecule has 0 saturated carbocycles. The lowest BCUT2D eigenvalue weighted by Crippen LogP contribution is -2.49. The highest BCUT2D eigenvalue weighted by atomic mass is 16.5. The summed E-state index contributed by atoms with van der Waals surface area (Å²) in [6.45, 7) is 6.14. The largest absolute Gasteiger partial charge is 0.482 e.